The average Bonchev–Trinajstić information content (AvgIpc) is 2.30. The van der Waals surface area contributed by atoms with Crippen LogP contribution in [0.15, 0.2) is 30.3 Å². The van der Waals surface area contributed by atoms with Gasteiger partial charge in [0.1, 0.15) is 0 Å². The van der Waals surface area contributed by atoms with E-state index in [1.165, 1.54) is 12.0 Å². The Morgan fingerprint density at radius 2 is 2.00 bits per heavy atom. The quantitative estimate of drug-likeness (QED) is 0.607. The van der Waals surface area contributed by atoms with Crippen molar-refractivity contribution in [3.05, 3.63) is 35.9 Å². The van der Waals surface area contributed by atoms with E-state index in [4.69, 9.17) is 12.2 Å². The van der Waals surface area contributed by atoms with Gasteiger partial charge >= 0.3 is 0 Å². The molecule has 0 bridgehead atoms. The molecule has 0 heterocycles. The van der Waals surface area contributed by atoms with Crippen molar-refractivity contribution in [2.24, 2.45) is 0 Å². The maximum atomic E-state index is 5.22. The van der Waals surface area contributed by atoms with Gasteiger partial charge in [0.2, 0.25) is 0 Å². The predicted molar refractivity (Wildman–Crippen MR) is 73.5 cm³/mol. The number of nitrogens with one attached hydrogen (secondary N) is 2. The Morgan fingerprint density at radius 1 is 1.31 bits per heavy atom. The maximum absolute atomic E-state index is 5.22. The predicted octanol–water partition coefficient (Wildman–Crippen LogP) is 3.01. The minimum absolute atomic E-state index is 0.253. The van der Waals surface area contributed by atoms with Gasteiger partial charge in [0, 0.05) is 6.54 Å². The zero-order valence-electron chi connectivity index (χ0n) is 9.99. The summed E-state index contributed by atoms with van der Waals surface area (Å²) in [6.45, 7) is 5.23. The Balaban J connectivity index is 2.34. The van der Waals surface area contributed by atoms with E-state index in [9.17, 15) is 0 Å². The maximum Gasteiger partial charge on any atom is 0.166 e. The highest BCUT2D eigenvalue weighted by Gasteiger charge is 2.05. The highest BCUT2D eigenvalue weighted by molar-refractivity contribution is 7.80. The second-order valence-corrected chi connectivity index (χ2v) is 4.29. The third-order valence-electron chi connectivity index (χ3n) is 2.46. The molecule has 2 nitrogen and oxygen atoms in total. The second kappa shape index (κ2) is 7.23. The third kappa shape index (κ3) is 4.62. The lowest BCUT2D eigenvalue weighted by Gasteiger charge is -2.17. The number of thiocarbonyl (C=S) groups is 1. The van der Waals surface area contributed by atoms with Crippen molar-refractivity contribution in [1.29, 1.82) is 0 Å². The summed E-state index contributed by atoms with van der Waals surface area (Å²) in [5, 5.41) is 7.22. The number of hydrogen-bond donors (Lipinski definition) is 2. The molecule has 1 rings (SSSR count). The first-order chi connectivity index (χ1) is 7.74. The largest absolute Gasteiger partial charge is 0.363 e. The topological polar surface area (TPSA) is 24.1 Å². The van der Waals surface area contributed by atoms with E-state index in [1.807, 2.05) is 18.2 Å². The molecule has 0 saturated carbocycles. The summed E-state index contributed by atoms with van der Waals surface area (Å²) in [6.07, 6.45) is 2.34. The fraction of sp³-hybridized carbons (Fsp3) is 0.462. The molecule has 88 valence electrons. The molecule has 0 radical (unpaired) electrons. The van der Waals surface area contributed by atoms with Crippen molar-refractivity contribution in [1.82, 2.24) is 10.6 Å². The molecule has 3 heteroatoms. The summed E-state index contributed by atoms with van der Waals surface area (Å²) in [7, 11) is 0. The Bertz CT molecular complexity index is 311. The van der Waals surface area contributed by atoms with Gasteiger partial charge in [0.25, 0.3) is 0 Å². The SMILES string of the molecule is CCCCNC(=S)NC(C)c1ccccc1. The van der Waals surface area contributed by atoms with Crippen LogP contribution in [0.5, 0.6) is 0 Å². The highest BCUT2D eigenvalue weighted by Crippen LogP contribution is 2.10. The summed E-state index contributed by atoms with van der Waals surface area (Å²) in [4.78, 5) is 0. The van der Waals surface area contributed by atoms with Crippen molar-refractivity contribution < 1.29 is 0 Å². The summed E-state index contributed by atoms with van der Waals surface area (Å²) < 4.78 is 0. The average molecular weight is 236 g/mol. The van der Waals surface area contributed by atoms with Gasteiger partial charge in [-0.1, -0.05) is 43.7 Å². The first kappa shape index (κ1) is 13.0. The van der Waals surface area contributed by atoms with E-state index >= 15 is 0 Å². The molecule has 1 aromatic rings. The molecule has 0 spiro atoms. The van der Waals surface area contributed by atoms with E-state index in [2.05, 4.69) is 36.6 Å². The zero-order chi connectivity index (χ0) is 11.8. The van der Waals surface area contributed by atoms with E-state index in [1.54, 1.807) is 0 Å². The van der Waals surface area contributed by atoms with Crippen LogP contribution >= 0.6 is 12.2 Å². The molecule has 0 saturated heterocycles. The minimum Gasteiger partial charge on any atom is -0.363 e. The zero-order valence-corrected chi connectivity index (χ0v) is 10.8. The number of rotatable bonds is 5. The van der Waals surface area contributed by atoms with E-state index in [-0.39, 0.29) is 6.04 Å². The van der Waals surface area contributed by atoms with Gasteiger partial charge in [0.15, 0.2) is 5.11 Å². The molecule has 0 amide bonds. The fourth-order valence-corrected chi connectivity index (χ4v) is 1.73. The van der Waals surface area contributed by atoms with Gasteiger partial charge in [-0.15, -0.1) is 0 Å². The van der Waals surface area contributed by atoms with Crippen LogP contribution in [0.25, 0.3) is 0 Å². The van der Waals surface area contributed by atoms with Crippen LogP contribution in [0.1, 0.15) is 38.3 Å². The lowest BCUT2D eigenvalue weighted by atomic mass is 10.1. The first-order valence-electron chi connectivity index (χ1n) is 5.83. The lowest BCUT2D eigenvalue weighted by molar-refractivity contribution is 0.683. The summed E-state index contributed by atoms with van der Waals surface area (Å²) in [6, 6.07) is 10.6. The van der Waals surface area contributed by atoms with E-state index in [0.29, 0.717) is 0 Å². The van der Waals surface area contributed by atoms with Gasteiger partial charge in [-0.2, -0.15) is 0 Å². The molecule has 1 atom stereocenters. The summed E-state index contributed by atoms with van der Waals surface area (Å²) in [5.41, 5.74) is 1.25. The molecule has 2 N–H and O–H groups in total. The Labute approximate surface area is 103 Å². The van der Waals surface area contributed by atoms with Gasteiger partial charge in [-0.3, -0.25) is 0 Å². The molecule has 0 aliphatic carbocycles. The molecular formula is C13H20N2S. The van der Waals surface area contributed by atoms with Crippen molar-refractivity contribution in [2.75, 3.05) is 6.54 Å². The van der Waals surface area contributed by atoms with Crippen LogP contribution in [0, 0.1) is 0 Å². The minimum atomic E-state index is 0.253. The molecule has 16 heavy (non-hydrogen) atoms. The Hall–Kier alpha value is -1.09. The molecule has 0 aromatic heterocycles. The highest BCUT2D eigenvalue weighted by atomic mass is 32.1. The van der Waals surface area contributed by atoms with Gasteiger partial charge < -0.3 is 10.6 Å². The normalized spacial score (nSPS) is 11.9. The molecule has 0 aliphatic heterocycles. The molecule has 1 aromatic carbocycles. The molecule has 1 unspecified atom stereocenters. The van der Waals surface area contributed by atoms with Gasteiger partial charge in [0.05, 0.1) is 6.04 Å². The van der Waals surface area contributed by atoms with Crippen molar-refractivity contribution in [2.45, 2.75) is 32.7 Å². The van der Waals surface area contributed by atoms with E-state index < -0.39 is 0 Å². The molecule has 0 aliphatic rings. The second-order valence-electron chi connectivity index (χ2n) is 3.89. The van der Waals surface area contributed by atoms with E-state index in [0.717, 1.165) is 18.1 Å². The Kier molecular flexibility index (Phi) is 5.86. The lowest BCUT2D eigenvalue weighted by Crippen LogP contribution is -2.37. The molecular weight excluding hydrogens is 216 g/mol. The van der Waals surface area contributed by atoms with Crippen LogP contribution < -0.4 is 10.6 Å². The van der Waals surface area contributed by atoms with Crippen LogP contribution in [-0.4, -0.2) is 11.7 Å². The van der Waals surface area contributed by atoms with Crippen LogP contribution in [0.4, 0.5) is 0 Å². The summed E-state index contributed by atoms with van der Waals surface area (Å²) >= 11 is 5.22. The summed E-state index contributed by atoms with van der Waals surface area (Å²) in [5.74, 6) is 0. The van der Waals surface area contributed by atoms with Crippen LogP contribution in [0.2, 0.25) is 0 Å². The number of benzene rings is 1. The smallest absolute Gasteiger partial charge is 0.166 e. The first-order valence-corrected chi connectivity index (χ1v) is 6.24. The molecule has 0 fully saturated rings. The monoisotopic (exact) mass is 236 g/mol. The fourth-order valence-electron chi connectivity index (χ4n) is 1.45. The van der Waals surface area contributed by atoms with Crippen molar-refractivity contribution in [3.8, 4) is 0 Å². The third-order valence-corrected chi connectivity index (χ3v) is 2.73. The standard InChI is InChI=1S/C13H20N2S/c1-3-4-10-14-13(16)15-11(2)12-8-6-5-7-9-12/h5-9,11H,3-4,10H2,1-2H3,(H2,14,15,16). The number of hydrogen-bond acceptors (Lipinski definition) is 1. The number of unbranched alkanes of at least 4 members (excludes halogenated alkanes) is 1. The van der Waals surface area contributed by atoms with Crippen LogP contribution in [-0.2, 0) is 0 Å². The van der Waals surface area contributed by atoms with Crippen molar-refractivity contribution in [3.63, 3.8) is 0 Å². The Morgan fingerprint density at radius 3 is 2.62 bits per heavy atom. The van der Waals surface area contributed by atoms with Crippen molar-refractivity contribution >= 4 is 17.3 Å². The van der Waals surface area contributed by atoms with Gasteiger partial charge in [-0.05, 0) is 31.1 Å². The van der Waals surface area contributed by atoms with Crippen LogP contribution in [0.3, 0.4) is 0 Å². The van der Waals surface area contributed by atoms with Gasteiger partial charge in [-0.25, -0.2) is 0 Å².